The molecule has 110 valence electrons. The molecule has 0 aromatic heterocycles. The first-order valence-electron chi connectivity index (χ1n) is 7.10. The molecule has 0 saturated carbocycles. The van der Waals surface area contributed by atoms with Crippen molar-refractivity contribution >= 4 is 5.91 Å². The molecule has 0 saturated heterocycles. The van der Waals surface area contributed by atoms with Gasteiger partial charge in [0.2, 0.25) is 0 Å². The molecule has 2 rings (SSSR count). The van der Waals surface area contributed by atoms with Crippen LogP contribution < -0.4 is 5.32 Å². The maximum Gasteiger partial charge on any atom is 0.251 e. The Morgan fingerprint density at radius 2 is 1.81 bits per heavy atom. The Labute approximate surface area is 125 Å². The first kappa shape index (κ1) is 15.2. The van der Waals surface area contributed by atoms with E-state index >= 15 is 0 Å². The second kappa shape index (κ2) is 6.53. The highest BCUT2D eigenvalue weighted by Gasteiger charge is 2.07. The summed E-state index contributed by atoms with van der Waals surface area (Å²) in [6.45, 7) is 6.41. The zero-order valence-electron chi connectivity index (χ0n) is 12.6. The molecule has 2 aromatic carbocycles. The minimum Gasteiger partial charge on any atom is -0.348 e. The van der Waals surface area contributed by atoms with Crippen molar-refractivity contribution in [1.82, 2.24) is 5.32 Å². The lowest BCUT2D eigenvalue weighted by molar-refractivity contribution is 0.0951. The van der Waals surface area contributed by atoms with Crippen molar-refractivity contribution in [2.75, 3.05) is 0 Å². The van der Waals surface area contributed by atoms with Gasteiger partial charge >= 0.3 is 0 Å². The summed E-state index contributed by atoms with van der Waals surface area (Å²) in [6.07, 6.45) is 0. The average Bonchev–Trinajstić information content (AvgIpc) is 2.48. The molecule has 0 atom stereocenters. The van der Waals surface area contributed by atoms with Gasteiger partial charge in [0, 0.05) is 12.1 Å². The average molecular weight is 285 g/mol. The van der Waals surface area contributed by atoms with Gasteiger partial charge in [-0.15, -0.1) is 0 Å². The molecule has 0 aliphatic carbocycles. The van der Waals surface area contributed by atoms with E-state index in [0.29, 0.717) is 23.6 Å². The number of hydrogen-bond donors (Lipinski definition) is 1. The van der Waals surface area contributed by atoms with Crippen LogP contribution in [0.5, 0.6) is 0 Å². The summed E-state index contributed by atoms with van der Waals surface area (Å²) in [5.41, 5.74) is 3.28. The largest absolute Gasteiger partial charge is 0.348 e. The molecule has 0 heterocycles. The summed E-state index contributed by atoms with van der Waals surface area (Å²) >= 11 is 0. The molecule has 0 fully saturated rings. The van der Waals surface area contributed by atoms with E-state index in [0.717, 1.165) is 5.56 Å². The van der Waals surface area contributed by atoms with E-state index in [-0.39, 0.29) is 11.7 Å². The maximum absolute atomic E-state index is 13.2. The highest BCUT2D eigenvalue weighted by atomic mass is 19.1. The second-order valence-corrected chi connectivity index (χ2v) is 5.54. The standard InChI is InChI=1S/C18H20FNO/c1-12(2)15-6-4-14(5-7-15)11-20-18(21)16-8-9-17(19)13(3)10-16/h4-10,12H,11H2,1-3H3,(H,20,21). The number of carbonyl (C=O) groups excluding carboxylic acids is 1. The Hall–Kier alpha value is -2.16. The minimum atomic E-state index is -0.296. The van der Waals surface area contributed by atoms with E-state index in [2.05, 4.69) is 31.3 Å². The lowest BCUT2D eigenvalue weighted by Crippen LogP contribution is -2.22. The van der Waals surface area contributed by atoms with Gasteiger partial charge < -0.3 is 5.32 Å². The summed E-state index contributed by atoms with van der Waals surface area (Å²) in [6, 6.07) is 12.6. The number of amides is 1. The first-order valence-corrected chi connectivity index (χ1v) is 7.10. The van der Waals surface area contributed by atoms with Gasteiger partial charge in [-0.3, -0.25) is 4.79 Å². The van der Waals surface area contributed by atoms with Crippen LogP contribution in [0.25, 0.3) is 0 Å². The molecule has 0 aliphatic rings. The van der Waals surface area contributed by atoms with Crippen molar-refractivity contribution in [1.29, 1.82) is 0 Å². The van der Waals surface area contributed by atoms with Crippen LogP contribution in [0.3, 0.4) is 0 Å². The van der Waals surface area contributed by atoms with Gasteiger partial charge in [-0.1, -0.05) is 38.1 Å². The molecule has 21 heavy (non-hydrogen) atoms. The predicted molar refractivity (Wildman–Crippen MR) is 82.8 cm³/mol. The predicted octanol–water partition coefficient (Wildman–Crippen LogP) is 4.19. The third kappa shape index (κ3) is 3.91. The lowest BCUT2D eigenvalue weighted by Gasteiger charge is -2.09. The summed E-state index contributed by atoms with van der Waals surface area (Å²) < 4.78 is 13.2. The zero-order valence-corrected chi connectivity index (χ0v) is 12.6. The normalized spacial score (nSPS) is 10.7. The molecular weight excluding hydrogens is 265 g/mol. The molecular formula is C18H20FNO. The van der Waals surface area contributed by atoms with Crippen LogP contribution in [0.15, 0.2) is 42.5 Å². The van der Waals surface area contributed by atoms with Crippen LogP contribution >= 0.6 is 0 Å². The zero-order chi connectivity index (χ0) is 15.4. The van der Waals surface area contributed by atoms with Gasteiger partial charge in [-0.2, -0.15) is 0 Å². The van der Waals surface area contributed by atoms with Gasteiger partial charge in [0.1, 0.15) is 5.82 Å². The number of rotatable bonds is 4. The van der Waals surface area contributed by atoms with Crippen molar-refractivity contribution in [2.45, 2.75) is 33.2 Å². The third-order valence-corrected chi connectivity index (χ3v) is 3.52. The Bertz CT molecular complexity index is 632. The molecule has 0 bridgehead atoms. The monoisotopic (exact) mass is 285 g/mol. The highest BCUT2D eigenvalue weighted by Crippen LogP contribution is 2.15. The molecule has 3 heteroatoms. The molecule has 0 unspecified atom stereocenters. The Morgan fingerprint density at radius 3 is 2.38 bits per heavy atom. The highest BCUT2D eigenvalue weighted by molar-refractivity contribution is 5.94. The molecule has 1 amide bonds. The van der Waals surface area contributed by atoms with E-state index in [1.54, 1.807) is 13.0 Å². The van der Waals surface area contributed by atoms with E-state index in [4.69, 9.17) is 0 Å². The van der Waals surface area contributed by atoms with Crippen molar-refractivity contribution in [3.63, 3.8) is 0 Å². The Kier molecular flexibility index (Phi) is 4.73. The molecule has 0 spiro atoms. The third-order valence-electron chi connectivity index (χ3n) is 3.52. The van der Waals surface area contributed by atoms with Crippen molar-refractivity contribution in [3.05, 3.63) is 70.5 Å². The van der Waals surface area contributed by atoms with Gasteiger partial charge in [-0.05, 0) is 47.7 Å². The quantitative estimate of drug-likeness (QED) is 0.896. The summed E-state index contributed by atoms with van der Waals surface area (Å²) in [5.74, 6) is 0.0118. The van der Waals surface area contributed by atoms with E-state index < -0.39 is 0 Å². The van der Waals surface area contributed by atoms with E-state index in [1.807, 2.05) is 12.1 Å². The fraction of sp³-hybridized carbons (Fsp3) is 0.278. The van der Waals surface area contributed by atoms with Crippen LogP contribution in [0.2, 0.25) is 0 Å². The van der Waals surface area contributed by atoms with Crippen LogP contribution in [-0.4, -0.2) is 5.91 Å². The van der Waals surface area contributed by atoms with Crippen LogP contribution in [0.4, 0.5) is 4.39 Å². The van der Waals surface area contributed by atoms with E-state index in [1.165, 1.54) is 17.7 Å². The van der Waals surface area contributed by atoms with Crippen molar-refractivity contribution < 1.29 is 9.18 Å². The van der Waals surface area contributed by atoms with Crippen LogP contribution in [-0.2, 0) is 6.54 Å². The Balaban J connectivity index is 1.98. The molecule has 0 aliphatic heterocycles. The molecule has 2 aromatic rings. The van der Waals surface area contributed by atoms with Gasteiger partial charge in [0.15, 0.2) is 0 Å². The minimum absolute atomic E-state index is 0.189. The second-order valence-electron chi connectivity index (χ2n) is 5.54. The van der Waals surface area contributed by atoms with Crippen molar-refractivity contribution in [3.8, 4) is 0 Å². The van der Waals surface area contributed by atoms with E-state index in [9.17, 15) is 9.18 Å². The summed E-state index contributed by atoms with van der Waals surface area (Å²) in [7, 11) is 0. The number of nitrogens with one attached hydrogen (secondary N) is 1. The van der Waals surface area contributed by atoms with Crippen molar-refractivity contribution in [2.24, 2.45) is 0 Å². The number of halogens is 1. The smallest absolute Gasteiger partial charge is 0.251 e. The van der Waals surface area contributed by atoms with Gasteiger partial charge in [0.25, 0.3) is 5.91 Å². The van der Waals surface area contributed by atoms with Gasteiger partial charge in [-0.25, -0.2) is 4.39 Å². The maximum atomic E-state index is 13.2. The fourth-order valence-electron chi connectivity index (χ4n) is 2.09. The molecule has 2 nitrogen and oxygen atoms in total. The Morgan fingerprint density at radius 1 is 1.14 bits per heavy atom. The lowest BCUT2D eigenvalue weighted by atomic mass is 10.0. The fourth-order valence-corrected chi connectivity index (χ4v) is 2.09. The first-order chi connectivity index (χ1) is 9.97. The summed E-state index contributed by atoms with van der Waals surface area (Å²) in [4.78, 5) is 12.0. The van der Waals surface area contributed by atoms with Crippen LogP contribution in [0.1, 0.15) is 46.8 Å². The molecule has 1 N–H and O–H groups in total. The summed E-state index contributed by atoms with van der Waals surface area (Å²) in [5, 5.41) is 2.85. The molecule has 0 radical (unpaired) electrons. The van der Waals surface area contributed by atoms with Crippen LogP contribution in [0, 0.1) is 12.7 Å². The topological polar surface area (TPSA) is 29.1 Å². The number of carbonyl (C=O) groups is 1. The van der Waals surface area contributed by atoms with Gasteiger partial charge in [0.05, 0.1) is 0 Å². The number of hydrogen-bond acceptors (Lipinski definition) is 1. The number of aryl methyl sites for hydroxylation is 1. The number of benzene rings is 2. The SMILES string of the molecule is Cc1cc(C(=O)NCc2ccc(C(C)C)cc2)ccc1F.